The predicted octanol–water partition coefficient (Wildman–Crippen LogP) is 2.47. The van der Waals surface area contributed by atoms with E-state index in [0.717, 1.165) is 0 Å². The Morgan fingerprint density at radius 2 is 1.74 bits per heavy atom. The van der Waals surface area contributed by atoms with Crippen LogP contribution in [0.1, 0.15) is 21.8 Å². The van der Waals surface area contributed by atoms with Crippen molar-refractivity contribution < 1.29 is 29.2 Å². The van der Waals surface area contributed by atoms with E-state index in [4.69, 9.17) is 14.2 Å². The summed E-state index contributed by atoms with van der Waals surface area (Å²) in [6, 6.07) is 7.58. The van der Waals surface area contributed by atoms with Crippen LogP contribution < -0.4 is 14.2 Å². The highest BCUT2D eigenvalue weighted by Crippen LogP contribution is 2.41. The van der Waals surface area contributed by atoms with Gasteiger partial charge in [0.25, 0.3) is 0 Å². The van der Waals surface area contributed by atoms with Crippen LogP contribution in [-0.4, -0.2) is 36.8 Å². The summed E-state index contributed by atoms with van der Waals surface area (Å²) in [7, 11) is 2.85. The third kappa shape index (κ3) is 2.52. The first-order valence-corrected chi connectivity index (χ1v) is 7.00. The standard InChI is InChI=1S/C17H16O6/c1-21-14-5-9(6-15(22-2)17(14)20)12-8-23-13-7-10(18)3-4-11(13)16(12)19/h3-7,12,18,20H,8H2,1-2H3. The van der Waals surface area contributed by atoms with Crippen LogP contribution in [0.25, 0.3) is 0 Å². The number of fused-ring (bicyclic) bond motifs is 1. The van der Waals surface area contributed by atoms with E-state index in [1.807, 2.05) is 0 Å². The van der Waals surface area contributed by atoms with Gasteiger partial charge in [0.1, 0.15) is 18.1 Å². The van der Waals surface area contributed by atoms with Crippen LogP contribution in [0.5, 0.6) is 28.7 Å². The molecule has 6 heteroatoms. The zero-order valence-electron chi connectivity index (χ0n) is 12.7. The maximum absolute atomic E-state index is 12.7. The highest BCUT2D eigenvalue weighted by Gasteiger charge is 2.31. The molecule has 0 fully saturated rings. The van der Waals surface area contributed by atoms with E-state index in [1.54, 1.807) is 12.1 Å². The topological polar surface area (TPSA) is 85.2 Å². The van der Waals surface area contributed by atoms with Crippen molar-refractivity contribution in [1.29, 1.82) is 0 Å². The number of benzene rings is 2. The molecule has 2 aromatic rings. The van der Waals surface area contributed by atoms with Gasteiger partial charge in [-0.2, -0.15) is 0 Å². The second kappa shape index (κ2) is 5.72. The van der Waals surface area contributed by atoms with Crippen molar-refractivity contribution in [2.75, 3.05) is 20.8 Å². The van der Waals surface area contributed by atoms with Gasteiger partial charge in [-0.15, -0.1) is 0 Å². The number of aromatic hydroxyl groups is 2. The molecule has 0 saturated carbocycles. The van der Waals surface area contributed by atoms with E-state index >= 15 is 0 Å². The number of hydrogen-bond acceptors (Lipinski definition) is 6. The molecule has 2 N–H and O–H groups in total. The number of phenolic OH excluding ortho intramolecular Hbond substituents is 2. The zero-order valence-corrected chi connectivity index (χ0v) is 12.7. The summed E-state index contributed by atoms with van der Waals surface area (Å²) in [5, 5.41) is 19.4. The Morgan fingerprint density at radius 1 is 1.09 bits per heavy atom. The van der Waals surface area contributed by atoms with Crippen molar-refractivity contribution in [1.82, 2.24) is 0 Å². The highest BCUT2D eigenvalue weighted by molar-refractivity contribution is 6.04. The van der Waals surface area contributed by atoms with Crippen molar-refractivity contribution >= 4 is 5.78 Å². The second-order valence-electron chi connectivity index (χ2n) is 5.18. The molecule has 0 aliphatic carbocycles. The van der Waals surface area contributed by atoms with Gasteiger partial charge in [-0.05, 0) is 29.8 Å². The quantitative estimate of drug-likeness (QED) is 0.905. The minimum absolute atomic E-state index is 0.0444. The maximum atomic E-state index is 12.7. The summed E-state index contributed by atoms with van der Waals surface area (Å²) < 4.78 is 15.8. The second-order valence-corrected chi connectivity index (χ2v) is 5.18. The van der Waals surface area contributed by atoms with Crippen molar-refractivity contribution in [2.45, 2.75) is 5.92 Å². The van der Waals surface area contributed by atoms with E-state index in [0.29, 0.717) is 16.9 Å². The number of carbonyl (C=O) groups excluding carboxylic acids is 1. The van der Waals surface area contributed by atoms with E-state index < -0.39 is 5.92 Å². The monoisotopic (exact) mass is 316 g/mol. The molecule has 0 spiro atoms. The molecule has 1 aliphatic heterocycles. The van der Waals surface area contributed by atoms with Crippen LogP contribution in [0.2, 0.25) is 0 Å². The van der Waals surface area contributed by atoms with Gasteiger partial charge in [-0.3, -0.25) is 4.79 Å². The number of hydrogen-bond donors (Lipinski definition) is 2. The van der Waals surface area contributed by atoms with Crippen LogP contribution in [0.15, 0.2) is 30.3 Å². The van der Waals surface area contributed by atoms with Gasteiger partial charge in [0.05, 0.1) is 25.7 Å². The average molecular weight is 316 g/mol. The summed E-state index contributed by atoms with van der Waals surface area (Å²) in [5.41, 5.74) is 1.03. The van der Waals surface area contributed by atoms with Crippen LogP contribution in [0.3, 0.4) is 0 Å². The van der Waals surface area contributed by atoms with Crippen LogP contribution in [-0.2, 0) is 0 Å². The number of methoxy groups -OCH3 is 2. The lowest BCUT2D eigenvalue weighted by molar-refractivity contribution is 0.0896. The molecular weight excluding hydrogens is 300 g/mol. The van der Waals surface area contributed by atoms with Gasteiger partial charge in [0.2, 0.25) is 5.75 Å². The highest BCUT2D eigenvalue weighted by atomic mass is 16.5. The molecule has 1 heterocycles. The van der Waals surface area contributed by atoms with E-state index in [2.05, 4.69) is 0 Å². The van der Waals surface area contributed by atoms with Crippen LogP contribution >= 0.6 is 0 Å². The van der Waals surface area contributed by atoms with Gasteiger partial charge in [0, 0.05) is 6.07 Å². The Bertz CT molecular complexity index is 743. The van der Waals surface area contributed by atoms with Crippen molar-refractivity contribution in [2.24, 2.45) is 0 Å². The molecule has 120 valence electrons. The van der Waals surface area contributed by atoms with Crippen molar-refractivity contribution in [3.63, 3.8) is 0 Å². The normalized spacial score (nSPS) is 16.4. The molecule has 2 aromatic carbocycles. The number of carbonyl (C=O) groups is 1. The van der Waals surface area contributed by atoms with Crippen molar-refractivity contribution in [3.8, 4) is 28.7 Å². The third-order valence-electron chi connectivity index (χ3n) is 3.86. The molecule has 0 amide bonds. The van der Waals surface area contributed by atoms with E-state index in [1.165, 1.54) is 32.4 Å². The van der Waals surface area contributed by atoms with Crippen molar-refractivity contribution in [3.05, 3.63) is 41.5 Å². The Labute approximate surface area is 132 Å². The van der Waals surface area contributed by atoms with E-state index in [9.17, 15) is 15.0 Å². The fraction of sp³-hybridized carbons (Fsp3) is 0.235. The fourth-order valence-electron chi connectivity index (χ4n) is 2.63. The smallest absolute Gasteiger partial charge is 0.200 e. The van der Waals surface area contributed by atoms with Crippen LogP contribution in [0.4, 0.5) is 0 Å². The molecule has 0 radical (unpaired) electrons. The Hall–Kier alpha value is -2.89. The first-order valence-electron chi connectivity index (χ1n) is 7.00. The Kier molecular flexibility index (Phi) is 3.73. The average Bonchev–Trinajstić information content (AvgIpc) is 2.55. The van der Waals surface area contributed by atoms with Gasteiger partial charge < -0.3 is 24.4 Å². The molecular formula is C17H16O6. The number of phenols is 2. The summed E-state index contributed by atoms with van der Waals surface area (Å²) in [5.74, 6) is 0.0731. The van der Waals surface area contributed by atoms with Gasteiger partial charge in [0.15, 0.2) is 17.3 Å². The lowest BCUT2D eigenvalue weighted by Crippen LogP contribution is -2.26. The molecule has 3 rings (SSSR count). The van der Waals surface area contributed by atoms with Crippen LogP contribution in [0, 0.1) is 0 Å². The molecule has 1 aliphatic rings. The number of Topliss-reactive ketones (excluding diaryl/α,β-unsaturated/α-hetero) is 1. The molecule has 1 atom stereocenters. The molecule has 1 unspecified atom stereocenters. The third-order valence-corrected chi connectivity index (χ3v) is 3.86. The van der Waals surface area contributed by atoms with E-state index in [-0.39, 0.29) is 35.4 Å². The summed E-state index contributed by atoms with van der Waals surface area (Å²) in [6.45, 7) is 0.131. The lowest BCUT2D eigenvalue weighted by atomic mass is 9.88. The Morgan fingerprint density at radius 3 is 2.35 bits per heavy atom. The molecule has 0 aromatic heterocycles. The summed E-state index contributed by atoms with van der Waals surface area (Å²) in [4.78, 5) is 12.7. The number of ether oxygens (including phenoxy) is 3. The SMILES string of the molecule is COc1cc(C2COc3cc(O)ccc3C2=O)cc(OC)c1O. The number of rotatable bonds is 3. The maximum Gasteiger partial charge on any atom is 0.200 e. The summed E-state index contributed by atoms with van der Waals surface area (Å²) >= 11 is 0. The molecule has 0 bridgehead atoms. The van der Waals surface area contributed by atoms with Gasteiger partial charge in [-0.25, -0.2) is 0 Å². The largest absolute Gasteiger partial charge is 0.508 e. The van der Waals surface area contributed by atoms with Gasteiger partial charge >= 0.3 is 0 Å². The molecule has 0 saturated heterocycles. The number of ketones is 1. The minimum atomic E-state index is -0.546. The van der Waals surface area contributed by atoms with Gasteiger partial charge in [-0.1, -0.05) is 0 Å². The fourth-order valence-corrected chi connectivity index (χ4v) is 2.63. The molecule has 23 heavy (non-hydrogen) atoms. The first kappa shape index (κ1) is 15.0. The lowest BCUT2D eigenvalue weighted by Gasteiger charge is -2.25. The zero-order chi connectivity index (χ0) is 16.6. The first-order chi connectivity index (χ1) is 11.0. The predicted molar refractivity (Wildman–Crippen MR) is 81.9 cm³/mol. The summed E-state index contributed by atoms with van der Waals surface area (Å²) in [6.07, 6.45) is 0. The molecule has 6 nitrogen and oxygen atoms in total. The Balaban J connectivity index is 2.03. The minimum Gasteiger partial charge on any atom is -0.508 e.